The second-order valence-corrected chi connectivity index (χ2v) is 8.83. The quantitative estimate of drug-likeness (QED) is 0.556. The maximum atomic E-state index is 12.8. The molecular formula is C22H26N4O3S. The van der Waals surface area contributed by atoms with Gasteiger partial charge in [-0.15, -0.1) is 0 Å². The van der Waals surface area contributed by atoms with E-state index in [2.05, 4.69) is 34.5 Å². The van der Waals surface area contributed by atoms with Crippen molar-refractivity contribution in [2.75, 3.05) is 47.9 Å². The van der Waals surface area contributed by atoms with E-state index in [1.807, 2.05) is 11.8 Å². The van der Waals surface area contributed by atoms with Crippen LogP contribution in [0.25, 0.3) is 0 Å². The number of hydrogen-bond donors (Lipinski definition) is 1. The van der Waals surface area contributed by atoms with Gasteiger partial charge >= 0.3 is 0 Å². The highest BCUT2D eigenvalue weighted by atomic mass is 32.2. The van der Waals surface area contributed by atoms with Crippen LogP contribution in [0.2, 0.25) is 0 Å². The average molecular weight is 427 g/mol. The average Bonchev–Trinajstić information content (AvgIpc) is 3.33. The molecule has 1 N–H and O–H groups in total. The minimum absolute atomic E-state index is 0.138. The van der Waals surface area contributed by atoms with Crippen LogP contribution in [0.4, 0.5) is 17.1 Å². The third kappa shape index (κ3) is 4.70. The molecule has 2 saturated heterocycles. The lowest BCUT2D eigenvalue weighted by molar-refractivity contribution is -0.385. The number of thioether (sulfide) groups is 1. The lowest BCUT2D eigenvalue weighted by Crippen LogP contribution is -2.32. The lowest BCUT2D eigenvalue weighted by atomic mass is 10.1. The zero-order chi connectivity index (χ0) is 20.9. The fourth-order valence-electron chi connectivity index (χ4n) is 3.92. The molecule has 0 saturated carbocycles. The summed E-state index contributed by atoms with van der Waals surface area (Å²) in [6, 6.07) is 13.2. The van der Waals surface area contributed by atoms with Crippen LogP contribution in [0.3, 0.4) is 0 Å². The molecular weight excluding hydrogens is 400 g/mol. The number of nitro groups is 1. The van der Waals surface area contributed by atoms with E-state index in [1.165, 1.54) is 23.3 Å². The van der Waals surface area contributed by atoms with E-state index in [0.29, 0.717) is 25.3 Å². The van der Waals surface area contributed by atoms with Crippen LogP contribution in [0.1, 0.15) is 28.8 Å². The number of benzene rings is 2. The number of carbonyl (C=O) groups is 1. The zero-order valence-electron chi connectivity index (χ0n) is 16.9. The van der Waals surface area contributed by atoms with Gasteiger partial charge < -0.3 is 15.1 Å². The smallest absolute Gasteiger partial charge is 0.282 e. The first-order valence-corrected chi connectivity index (χ1v) is 11.5. The third-order valence-corrected chi connectivity index (χ3v) is 6.57. The highest BCUT2D eigenvalue weighted by Crippen LogP contribution is 2.26. The minimum atomic E-state index is -0.481. The van der Waals surface area contributed by atoms with Gasteiger partial charge in [0.25, 0.3) is 11.6 Å². The van der Waals surface area contributed by atoms with Crippen molar-refractivity contribution in [3.63, 3.8) is 0 Å². The van der Waals surface area contributed by atoms with Gasteiger partial charge in [-0.05, 0) is 42.7 Å². The van der Waals surface area contributed by atoms with Gasteiger partial charge in [0, 0.05) is 61.7 Å². The molecule has 2 aliphatic heterocycles. The van der Waals surface area contributed by atoms with Gasteiger partial charge in [-0.3, -0.25) is 14.9 Å². The SMILES string of the molecule is O=C(c1cc(NCc2ccc(N3CCSCC3)cc2)ccc1[N+](=O)[O-])N1CCCC1. The second kappa shape index (κ2) is 9.38. The number of nitrogens with zero attached hydrogens (tertiary/aromatic N) is 3. The van der Waals surface area contributed by atoms with E-state index in [-0.39, 0.29) is 17.2 Å². The normalized spacial score (nSPS) is 16.5. The van der Waals surface area contributed by atoms with Crippen LogP contribution in [0, 0.1) is 10.1 Å². The Morgan fingerprint density at radius 2 is 1.73 bits per heavy atom. The summed E-state index contributed by atoms with van der Waals surface area (Å²) < 4.78 is 0. The van der Waals surface area contributed by atoms with Crippen molar-refractivity contribution in [1.29, 1.82) is 0 Å². The summed E-state index contributed by atoms with van der Waals surface area (Å²) in [4.78, 5) is 27.8. The Bertz CT molecular complexity index is 907. The summed E-state index contributed by atoms with van der Waals surface area (Å²) >= 11 is 2.00. The van der Waals surface area contributed by atoms with Gasteiger partial charge in [-0.2, -0.15) is 11.8 Å². The summed E-state index contributed by atoms with van der Waals surface area (Å²) in [5.74, 6) is 2.08. The highest BCUT2D eigenvalue weighted by Gasteiger charge is 2.26. The highest BCUT2D eigenvalue weighted by molar-refractivity contribution is 7.99. The molecule has 2 fully saturated rings. The van der Waals surface area contributed by atoms with Gasteiger partial charge in [0.1, 0.15) is 5.56 Å². The fourth-order valence-corrected chi connectivity index (χ4v) is 4.82. The van der Waals surface area contributed by atoms with Gasteiger partial charge in [-0.1, -0.05) is 12.1 Å². The third-order valence-electron chi connectivity index (χ3n) is 5.63. The van der Waals surface area contributed by atoms with Crippen molar-refractivity contribution in [2.24, 2.45) is 0 Å². The summed E-state index contributed by atoms with van der Waals surface area (Å²) in [7, 11) is 0. The number of nitro benzene ring substituents is 1. The molecule has 4 rings (SSSR count). The Kier molecular flexibility index (Phi) is 6.42. The van der Waals surface area contributed by atoms with Crippen LogP contribution in [0.15, 0.2) is 42.5 Å². The molecule has 1 amide bonds. The fraction of sp³-hybridized carbons (Fsp3) is 0.409. The zero-order valence-corrected chi connectivity index (χ0v) is 17.7. The Labute approximate surface area is 180 Å². The number of nitrogens with one attached hydrogen (secondary N) is 1. The maximum Gasteiger partial charge on any atom is 0.282 e. The molecule has 8 heteroatoms. The summed E-state index contributed by atoms with van der Waals surface area (Å²) in [6.07, 6.45) is 1.90. The van der Waals surface area contributed by atoms with E-state index in [4.69, 9.17) is 0 Å². The topological polar surface area (TPSA) is 78.7 Å². The molecule has 0 aliphatic carbocycles. The number of anilines is 2. The largest absolute Gasteiger partial charge is 0.381 e. The molecule has 2 aliphatic rings. The number of rotatable bonds is 6. The van der Waals surface area contributed by atoms with Crippen LogP contribution < -0.4 is 10.2 Å². The molecule has 0 aromatic heterocycles. The predicted octanol–water partition coefficient (Wildman–Crippen LogP) is 4.00. The van der Waals surface area contributed by atoms with Gasteiger partial charge in [-0.25, -0.2) is 0 Å². The Balaban J connectivity index is 1.44. The molecule has 2 aromatic carbocycles. The van der Waals surface area contributed by atoms with E-state index < -0.39 is 4.92 Å². The number of amides is 1. The summed E-state index contributed by atoms with van der Waals surface area (Å²) in [5, 5.41) is 14.7. The first-order valence-electron chi connectivity index (χ1n) is 10.3. The molecule has 0 atom stereocenters. The molecule has 0 radical (unpaired) electrons. The molecule has 7 nitrogen and oxygen atoms in total. The van der Waals surface area contributed by atoms with E-state index in [0.717, 1.165) is 31.5 Å². The lowest BCUT2D eigenvalue weighted by Gasteiger charge is -2.28. The monoisotopic (exact) mass is 426 g/mol. The minimum Gasteiger partial charge on any atom is -0.381 e. The Hall–Kier alpha value is -2.74. The molecule has 2 heterocycles. The molecule has 30 heavy (non-hydrogen) atoms. The first-order chi connectivity index (χ1) is 14.6. The second-order valence-electron chi connectivity index (χ2n) is 7.61. The standard InChI is InChI=1S/C22H26N4O3S/c27-22(25-9-1-2-10-25)20-15-18(5-8-21(20)26(28)29)23-16-17-3-6-19(7-4-17)24-11-13-30-14-12-24/h3-8,15,23H,1-2,9-14,16H2. The number of carbonyl (C=O) groups excluding carboxylic acids is 1. The number of hydrogen-bond acceptors (Lipinski definition) is 6. The molecule has 2 aromatic rings. The van der Waals surface area contributed by atoms with Gasteiger partial charge in [0.05, 0.1) is 4.92 Å². The molecule has 0 spiro atoms. The first kappa shape index (κ1) is 20.5. The van der Waals surface area contributed by atoms with Crippen molar-refractivity contribution < 1.29 is 9.72 Å². The van der Waals surface area contributed by atoms with E-state index >= 15 is 0 Å². The Morgan fingerprint density at radius 1 is 1.03 bits per heavy atom. The van der Waals surface area contributed by atoms with Crippen LogP contribution in [-0.2, 0) is 6.54 Å². The maximum absolute atomic E-state index is 12.8. The Morgan fingerprint density at radius 3 is 2.40 bits per heavy atom. The summed E-state index contributed by atoms with van der Waals surface area (Å²) in [6.45, 7) is 4.08. The van der Waals surface area contributed by atoms with Gasteiger partial charge in [0.2, 0.25) is 0 Å². The van der Waals surface area contributed by atoms with Gasteiger partial charge in [0.15, 0.2) is 0 Å². The van der Waals surface area contributed by atoms with Crippen molar-refractivity contribution in [2.45, 2.75) is 19.4 Å². The van der Waals surface area contributed by atoms with Crippen molar-refractivity contribution >= 4 is 34.7 Å². The van der Waals surface area contributed by atoms with E-state index in [1.54, 1.807) is 17.0 Å². The molecule has 0 unspecified atom stereocenters. The van der Waals surface area contributed by atoms with Crippen molar-refractivity contribution in [1.82, 2.24) is 4.90 Å². The van der Waals surface area contributed by atoms with Crippen molar-refractivity contribution in [3.8, 4) is 0 Å². The molecule has 158 valence electrons. The van der Waals surface area contributed by atoms with Crippen LogP contribution in [-0.4, -0.2) is 53.4 Å². The number of likely N-dealkylation sites (tertiary alicyclic amines) is 1. The van der Waals surface area contributed by atoms with Crippen molar-refractivity contribution in [3.05, 3.63) is 63.7 Å². The summed E-state index contributed by atoms with van der Waals surface area (Å²) in [5.41, 5.74) is 3.09. The van der Waals surface area contributed by atoms with E-state index in [9.17, 15) is 14.9 Å². The van der Waals surface area contributed by atoms with Crippen LogP contribution in [0.5, 0.6) is 0 Å². The predicted molar refractivity (Wildman–Crippen MR) is 122 cm³/mol. The van der Waals surface area contributed by atoms with Crippen LogP contribution >= 0.6 is 11.8 Å². The molecule has 0 bridgehead atoms.